The third kappa shape index (κ3) is 5.87. The number of carbonyl (C=O) groups excluding carboxylic acids is 3. The van der Waals surface area contributed by atoms with Crippen LogP contribution in [0.5, 0.6) is 0 Å². The molecule has 172 valence electrons. The van der Waals surface area contributed by atoms with E-state index in [1.807, 2.05) is 0 Å². The molecule has 2 amide bonds. The Morgan fingerprint density at radius 3 is 2.52 bits per heavy atom. The number of esters is 1. The first-order valence-electron chi connectivity index (χ1n) is 11.3. The Morgan fingerprint density at radius 2 is 1.90 bits per heavy atom. The predicted octanol–water partition coefficient (Wildman–Crippen LogP) is 2.73. The average Bonchev–Trinajstić information content (AvgIpc) is 3.33. The fourth-order valence-corrected chi connectivity index (χ4v) is 4.41. The van der Waals surface area contributed by atoms with Crippen LogP contribution in [0.25, 0.3) is 0 Å². The standard InChI is InChI=1S/C23H35N3O5/c1-14(2)31-23(29)20-15(3)21(25-16(20)4)22(28)26-9-7-17(8-10-26)12-19(27)24-13-18-6-5-11-30-18/h14,17-18,25H,5-13H2,1-4H3,(H,24,27)/t18-/m0/s1. The number of piperidine rings is 1. The first kappa shape index (κ1) is 23.3. The fourth-order valence-electron chi connectivity index (χ4n) is 4.41. The van der Waals surface area contributed by atoms with Gasteiger partial charge in [-0.1, -0.05) is 0 Å². The van der Waals surface area contributed by atoms with Crippen LogP contribution < -0.4 is 5.32 Å². The number of aromatic nitrogens is 1. The summed E-state index contributed by atoms with van der Waals surface area (Å²) in [6.45, 7) is 9.73. The summed E-state index contributed by atoms with van der Waals surface area (Å²) in [6.07, 6.45) is 4.07. The highest BCUT2D eigenvalue weighted by molar-refractivity contribution is 6.00. The summed E-state index contributed by atoms with van der Waals surface area (Å²) in [7, 11) is 0. The monoisotopic (exact) mass is 433 g/mol. The second-order valence-corrected chi connectivity index (χ2v) is 8.96. The third-order valence-electron chi connectivity index (χ3n) is 6.12. The molecule has 0 aromatic carbocycles. The van der Waals surface area contributed by atoms with Gasteiger partial charge in [0, 0.05) is 38.4 Å². The second-order valence-electron chi connectivity index (χ2n) is 8.96. The lowest BCUT2D eigenvalue weighted by Gasteiger charge is -2.31. The first-order valence-corrected chi connectivity index (χ1v) is 11.3. The highest BCUT2D eigenvalue weighted by Gasteiger charge is 2.29. The van der Waals surface area contributed by atoms with Crippen LogP contribution in [0, 0.1) is 19.8 Å². The van der Waals surface area contributed by atoms with Crippen molar-refractivity contribution in [3.05, 3.63) is 22.5 Å². The van der Waals surface area contributed by atoms with Gasteiger partial charge in [-0.2, -0.15) is 0 Å². The van der Waals surface area contributed by atoms with Gasteiger partial charge in [-0.05, 0) is 64.9 Å². The van der Waals surface area contributed by atoms with Crippen LogP contribution in [0.4, 0.5) is 0 Å². The Labute approximate surface area is 184 Å². The molecule has 1 aromatic heterocycles. The number of ether oxygens (including phenoxy) is 2. The van der Waals surface area contributed by atoms with Gasteiger partial charge in [0.05, 0.1) is 17.8 Å². The molecule has 1 atom stereocenters. The molecule has 3 rings (SSSR count). The minimum atomic E-state index is -0.409. The molecule has 0 bridgehead atoms. The maximum atomic E-state index is 13.1. The maximum absolute atomic E-state index is 13.1. The highest BCUT2D eigenvalue weighted by atomic mass is 16.5. The number of rotatable bonds is 7. The van der Waals surface area contributed by atoms with Crippen molar-refractivity contribution in [1.82, 2.24) is 15.2 Å². The number of carbonyl (C=O) groups is 3. The molecule has 0 spiro atoms. The summed E-state index contributed by atoms with van der Waals surface area (Å²) in [4.78, 5) is 42.6. The second kappa shape index (κ2) is 10.3. The lowest BCUT2D eigenvalue weighted by Crippen LogP contribution is -2.40. The van der Waals surface area contributed by atoms with Crippen molar-refractivity contribution < 1.29 is 23.9 Å². The summed E-state index contributed by atoms with van der Waals surface area (Å²) < 4.78 is 10.8. The van der Waals surface area contributed by atoms with Crippen LogP contribution in [0.2, 0.25) is 0 Å². The van der Waals surface area contributed by atoms with Crippen LogP contribution in [0.3, 0.4) is 0 Å². The number of hydrogen-bond acceptors (Lipinski definition) is 5. The first-order chi connectivity index (χ1) is 14.8. The smallest absolute Gasteiger partial charge is 0.340 e. The molecule has 3 heterocycles. The van der Waals surface area contributed by atoms with Crippen molar-refractivity contribution in [3.63, 3.8) is 0 Å². The molecule has 31 heavy (non-hydrogen) atoms. The van der Waals surface area contributed by atoms with E-state index in [-0.39, 0.29) is 29.9 Å². The van der Waals surface area contributed by atoms with Crippen LogP contribution in [0.15, 0.2) is 0 Å². The van der Waals surface area contributed by atoms with E-state index in [1.54, 1.807) is 32.6 Å². The van der Waals surface area contributed by atoms with Crippen molar-refractivity contribution >= 4 is 17.8 Å². The molecule has 8 nitrogen and oxygen atoms in total. The SMILES string of the molecule is Cc1[nH]c(C(=O)N2CCC(CC(=O)NC[C@@H]3CCCO3)CC2)c(C)c1C(=O)OC(C)C. The molecule has 2 aliphatic rings. The molecule has 2 saturated heterocycles. The molecule has 0 radical (unpaired) electrons. The lowest BCUT2D eigenvalue weighted by molar-refractivity contribution is -0.122. The predicted molar refractivity (Wildman–Crippen MR) is 116 cm³/mol. The summed E-state index contributed by atoms with van der Waals surface area (Å²) in [5, 5.41) is 2.98. The van der Waals surface area contributed by atoms with Crippen molar-refractivity contribution in [1.29, 1.82) is 0 Å². The van der Waals surface area contributed by atoms with Crippen molar-refractivity contribution in [2.45, 2.75) is 72.0 Å². The maximum Gasteiger partial charge on any atom is 0.340 e. The average molecular weight is 434 g/mol. The molecular weight excluding hydrogens is 398 g/mol. The Morgan fingerprint density at radius 1 is 1.19 bits per heavy atom. The Kier molecular flexibility index (Phi) is 7.75. The molecule has 1 aromatic rings. The number of aryl methyl sites for hydroxylation is 1. The van der Waals surface area contributed by atoms with E-state index >= 15 is 0 Å². The van der Waals surface area contributed by atoms with E-state index in [1.165, 1.54) is 0 Å². The number of amides is 2. The summed E-state index contributed by atoms with van der Waals surface area (Å²) in [5.74, 6) is -0.181. The van der Waals surface area contributed by atoms with Crippen LogP contribution >= 0.6 is 0 Å². The molecule has 0 saturated carbocycles. The number of H-pyrrole nitrogens is 1. The molecule has 0 aliphatic carbocycles. The van der Waals surface area contributed by atoms with E-state index in [9.17, 15) is 14.4 Å². The van der Waals surface area contributed by atoms with Gasteiger partial charge in [0.15, 0.2) is 0 Å². The van der Waals surface area contributed by atoms with E-state index in [0.717, 1.165) is 32.3 Å². The Bertz CT molecular complexity index is 802. The number of likely N-dealkylation sites (tertiary alicyclic amines) is 1. The topological polar surface area (TPSA) is 101 Å². The van der Waals surface area contributed by atoms with E-state index in [4.69, 9.17) is 9.47 Å². The van der Waals surface area contributed by atoms with E-state index in [2.05, 4.69) is 10.3 Å². The number of aromatic amines is 1. The van der Waals surface area contributed by atoms with Crippen LogP contribution in [-0.2, 0) is 14.3 Å². The molecular formula is C23H35N3O5. The van der Waals surface area contributed by atoms with Gasteiger partial charge in [-0.25, -0.2) is 4.79 Å². The Balaban J connectivity index is 1.51. The zero-order valence-corrected chi connectivity index (χ0v) is 19.1. The number of nitrogens with one attached hydrogen (secondary N) is 2. The van der Waals surface area contributed by atoms with Crippen molar-refractivity contribution in [2.24, 2.45) is 5.92 Å². The summed E-state index contributed by atoms with van der Waals surface area (Å²) >= 11 is 0. The molecule has 2 aliphatic heterocycles. The van der Waals surface area contributed by atoms with Gasteiger partial charge in [-0.3, -0.25) is 9.59 Å². The molecule has 2 fully saturated rings. The highest BCUT2D eigenvalue weighted by Crippen LogP contribution is 2.25. The summed E-state index contributed by atoms with van der Waals surface area (Å²) in [6, 6.07) is 0. The zero-order chi connectivity index (χ0) is 22.5. The third-order valence-corrected chi connectivity index (χ3v) is 6.12. The Hall–Kier alpha value is -2.35. The molecule has 2 N–H and O–H groups in total. The van der Waals surface area contributed by atoms with Crippen molar-refractivity contribution in [3.8, 4) is 0 Å². The van der Waals surface area contributed by atoms with Crippen LogP contribution in [-0.4, -0.2) is 66.1 Å². The molecule has 0 unspecified atom stereocenters. The van der Waals surface area contributed by atoms with Gasteiger partial charge in [0.1, 0.15) is 5.69 Å². The summed E-state index contributed by atoms with van der Waals surface area (Å²) in [5.41, 5.74) is 2.16. The zero-order valence-electron chi connectivity index (χ0n) is 19.1. The van der Waals surface area contributed by atoms with Gasteiger partial charge < -0.3 is 24.7 Å². The van der Waals surface area contributed by atoms with Crippen LogP contribution in [0.1, 0.15) is 78.1 Å². The van der Waals surface area contributed by atoms with Gasteiger partial charge in [-0.15, -0.1) is 0 Å². The van der Waals surface area contributed by atoms with Gasteiger partial charge in [0.2, 0.25) is 5.91 Å². The number of nitrogens with zero attached hydrogens (tertiary/aromatic N) is 1. The largest absolute Gasteiger partial charge is 0.459 e. The van der Waals surface area contributed by atoms with E-state index < -0.39 is 5.97 Å². The quantitative estimate of drug-likeness (QED) is 0.644. The van der Waals surface area contributed by atoms with Gasteiger partial charge >= 0.3 is 5.97 Å². The minimum absolute atomic E-state index is 0.0596. The fraction of sp³-hybridized carbons (Fsp3) is 0.696. The number of hydrogen-bond donors (Lipinski definition) is 2. The lowest BCUT2D eigenvalue weighted by atomic mass is 9.93. The van der Waals surface area contributed by atoms with Gasteiger partial charge in [0.25, 0.3) is 5.91 Å². The normalized spacial score (nSPS) is 19.6. The minimum Gasteiger partial charge on any atom is -0.459 e. The van der Waals surface area contributed by atoms with E-state index in [0.29, 0.717) is 48.6 Å². The van der Waals surface area contributed by atoms with Crippen molar-refractivity contribution in [2.75, 3.05) is 26.2 Å². The molecule has 8 heteroatoms.